The lowest BCUT2D eigenvalue weighted by Crippen LogP contribution is -2.32. The Balaban J connectivity index is -0.000000189. The number of hydrogen-bond acceptors (Lipinski definition) is 1. The Morgan fingerprint density at radius 2 is 1.67 bits per heavy atom. The number of pyridine rings is 1. The lowest BCUT2D eigenvalue weighted by atomic mass is 10.4. The van der Waals surface area contributed by atoms with E-state index in [1.165, 1.54) is 0 Å². The van der Waals surface area contributed by atoms with E-state index in [9.17, 15) is 0 Å². The number of rotatable bonds is 0. The summed E-state index contributed by atoms with van der Waals surface area (Å²) >= 11 is 0. The van der Waals surface area contributed by atoms with E-state index in [2.05, 4.69) is 0 Å². The summed E-state index contributed by atoms with van der Waals surface area (Å²) in [4.78, 5) is 0. The average molecular weight is 172 g/mol. The smallest absolute Gasteiger partial charge is 0.231 e. The number of hydrogen-bond donors (Lipinski definition) is 1. The normalized spacial score (nSPS) is 6.58. The van der Waals surface area contributed by atoms with Crippen LogP contribution >= 0.6 is 0 Å². The van der Waals surface area contributed by atoms with Crippen molar-refractivity contribution in [2.24, 2.45) is 0 Å². The molecule has 0 saturated carbocycles. The Hall–Kier alpha value is -1.05. The minimum atomic E-state index is 0. The van der Waals surface area contributed by atoms with Gasteiger partial charge in [-0.2, -0.15) is 0 Å². The lowest BCUT2D eigenvalue weighted by Gasteiger charge is -1.83. The van der Waals surface area contributed by atoms with Gasteiger partial charge in [-0.15, -0.1) is 0 Å². The van der Waals surface area contributed by atoms with Crippen molar-refractivity contribution in [1.29, 1.82) is 0 Å². The van der Waals surface area contributed by atoms with Crippen molar-refractivity contribution in [1.82, 2.24) is 0 Å². The van der Waals surface area contributed by atoms with Crippen LogP contribution in [0.4, 0.5) is 0 Å². The molecule has 2 heteroatoms. The second-order valence-corrected chi connectivity index (χ2v) is 1.69. The van der Waals surface area contributed by atoms with E-state index in [1.807, 2.05) is 32.9 Å². The molecule has 0 radical (unpaired) electrons. The Morgan fingerprint density at radius 1 is 1.17 bits per heavy atom. The van der Waals surface area contributed by atoms with Crippen LogP contribution in [0.15, 0.2) is 24.4 Å². The molecule has 0 saturated heterocycles. The molecule has 0 amide bonds. The van der Waals surface area contributed by atoms with Crippen molar-refractivity contribution in [2.45, 2.75) is 35.6 Å². The van der Waals surface area contributed by atoms with E-state index in [1.54, 1.807) is 12.3 Å². The van der Waals surface area contributed by atoms with Crippen molar-refractivity contribution in [3.05, 3.63) is 30.1 Å². The van der Waals surface area contributed by atoms with Crippen LogP contribution in [0.25, 0.3) is 0 Å². The quantitative estimate of drug-likeness (QED) is 0.472. The summed E-state index contributed by atoms with van der Waals surface area (Å²) in [5.74, 6) is 0. The largest absolute Gasteiger partial charge is 0.285 e. The van der Waals surface area contributed by atoms with Gasteiger partial charge in [0.2, 0.25) is 11.9 Å². The van der Waals surface area contributed by atoms with Crippen LogP contribution in [0.3, 0.4) is 0 Å². The van der Waals surface area contributed by atoms with Gasteiger partial charge in [-0.25, -0.2) is 0 Å². The zero-order valence-corrected chi connectivity index (χ0v) is 6.70. The van der Waals surface area contributed by atoms with Crippen LogP contribution in [0.1, 0.15) is 34.4 Å². The molecule has 0 fully saturated rings. The predicted molar refractivity (Wildman–Crippen MR) is 53.4 cm³/mol. The maximum absolute atomic E-state index is 8.84. The Bertz CT molecular complexity index is 166. The van der Waals surface area contributed by atoms with Gasteiger partial charge in [-0.3, -0.25) is 5.21 Å². The van der Waals surface area contributed by atoms with Crippen LogP contribution in [0.5, 0.6) is 0 Å². The first kappa shape index (κ1) is 17.2. The lowest BCUT2D eigenvalue weighted by molar-refractivity contribution is -0.908. The SMILES string of the molecule is C.C.CC.Cc1cccc[n+]1O. The number of aryl methyl sites for hydroxylation is 1. The third-order valence-corrected chi connectivity index (χ3v) is 1.04. The summed E-state index contributed by atoms with van der Waals surface area (Å²) < 4.78 is 1.08. The molecule has 1 rings (SSSR count). The van der Waals surface area contributed by atoms with Crippen molar-refractivity contribution in [2.75, 3.05) is 0 Å². The Labute approximate surface area is 76.5 Å². The topological polar surface area (TPSA) is 24.1 Å². The highest BCUT2D eigenvalue weighted by Crippen LogP contribution is 1.83. The summed E-state index contributed by atoms with van der Waals surface area (Å²) in [5, 5.41) is 8.84. The van der Waals surface area contributed by atoms with Gasteiger partial charge in [0.05, 0.1) is 0 Å². The maximum atomic E-state index is 8.84. The number of aromatic nitrogens is 1. The Morgan fingerprint density at radius 3 is 1.92 bits per heavy atom. The molecule has 72 valence electrons. The maximum Gasteiger partial charge on any atom is 0.231 e. The first-order chi connectivity index (χ1) is 4.80. The molecule has 0 aliphatic heterocycles. The fraction of sp³-hybridized carbons (Fsp3) is 0.500. The van der Waals surface area contributed by atoms with E-state index in [4.69, 9.17) is 5.21 Å². The standard InChI is InChI=1S/C6H8NO.C2H6.2CH4/c1-6-4-2-3-5-7(6)8;1-2;;/h2-5,8H,1H3;1-2H3;2*1H4/q+1;;;. The van der Waals surface area contributed by atoms with E-state index in [-0.39, 0.29) is 14.9 Å². The molecule has 1 aromatic heterocycles. The molecule has 0 unspecified atom stereocenters. The highest BCUT2D eigenvalue weighted by Gasteiger charge is 1.96. The molecule has 2 nitrogen and oxygen atoms in total. The molecule has 1 aromatic rings. The average Bonchev–Trinajstić information content (AvgIpc) is 2.00. The van der Waals surface area contributed by atoms with Crippen molar-refractivity contribution in [3.63, 3.8) is 0 Å². The van der Waals surface area contributed by atoms with Gasteiger partial charge < -0.3 is 0 Å². The second-order valence-electron chi connectivity index (χ2n) is 1.69. The highest BCUT2D eigenvalue weighted by atomic mass is 16.5. The first-order valence-electron chi connectivity index (χ1n) is 3.47. The minimum absolute atomic E-state index is 0. The minimum Gasteiger partial charge on any atom is -0.285 e. The zero-order chi connectivity index (χ0) is 7.98. The summed E-state index contributed by atoms with van der Waals surface area (Å²) in [6, 6.07) is 5.48. The van der Waals surface area contributed by atoms with Crippen molar-refractivity contribution in [3.8, 4) is 0 Å². The predicted octanol–water partition coefficient (Wildman–Crippen LogP) is 2.82. The van der Waals surface area contributed by atoms with Gasteiger partial charge in [-0.05, 0) is 6.07 Å². The first-order valence-corrected chi connectivity index (χ1v) is 3.47. The monoisotopic (exact) mass is 172 g/mol. The fourth-order valence-corrected chi connectivity index (χ4v) is 0.520. The van der Waals surface area contributed by atoms with Gasteiger partial charge in [-0.1, -0.05) is 28.7 Å². The summed E-state index contributed by atoms with van der Waals surface area (Å²) in [7, 11) is 0. The second kappa shape index (κ2) is 9.95. The third kappa shape index (κ3) is 5.71. The Kier molecular flexibility index (Phi) is 14.2. The van der Waals surface area contributed by atoms with Gasteiger partial charge in [0.15, 0.2) is 0 Å². The van der Waals surface area contributed by atoms with Crippen LogP contribution < -0.4 is 4.73 Å². The van der Waals surface area contributed by atoms with Gasteiger partial charge in [0.25, 0.3) is 0 Å². The van der Waals surface area contributed by atoms with Crippen LogP contribution in [0.2, 0.25) is 0 Å². The third-order valence-electron chi connectivity index (χ3n) is 1.04. The van der Waals surface area contributed by atoms with E-state index >= 15 is 0 Å². The van der Waals surface area contributed by atoms with Crippen molar-refractivity contribution < 1.29 is 9.94 Å². The molecule has 0 aliphatic carbocycles. The molecule has 0 aliphatic rings. The summed E-state index contributed by atoms with van der Waals surface area (Å²) in [6.45, 7) is 5.83. The zero-order valence-electron chi connectivity index (χ0n) is 6.70. The molecular weight excluding hydrogens is 150 g/mol. The molecule has 1 heterocycles. The molecule has 0 bridgehead atoms. The van der Waals surface area contributed by atoms with E-state index in [0.717, 1.165) is 10.4 Å². The highest BCUT2D eigenvalue weighted by molar-refractivity contribution is 4.93. The van der Waals surface area contributed by atoms with Crippen LogP contribution in [-0.2, 0) is 0 Å². The summed E-state index contributed by atoms with van der Waals surface area (Å²) in [5.41, 5.74) is 0.840. The molecular formula is C10H22NO+. The van der Waals surface area contributed by atoms with Crippen LogP contribution in [-0.4, -0.2) is 5.21 Å². The van der Waals surface area contributed by atoms with Crippen molar-refractivity contribution >= 4 is 0 Å². The molecule has 0 atom stereocenters. The van der Waals surface area contributed by atoms with Gasteiger partial charge in [0.1, 0.15) is 0 Å². The molecule has 1 N–H and O–H groups in total. The summed E-state index contributed by atoms with van der Waals surface area (Å²) in [6.07, 6.45) is 1.59. The molecule has 0 spiro atoms. The molecule has 12 heavy (non-hydrogen) atoms. The van der Waals surface area contributed by atoms with E-state index < -0.39 is 0 Å². The van der Waals surface area contributed by atoms with Crippen LogP contribution in [0, 0.1) is 6.92 Å². The van der Waals surface area contributed by atoms with Gasteiger partial charge >= 0.3 is 0 Å². The van der Waals surface area contributed by atoms with E-state index in [0.29, 0.717) is 0 Å². The molecule has 0 aromatic carbocycles. The fourth-order valence-electron chi connectivity index (χ4n) is 0.520. The number of nitrogens with zero attached hydrogens (tertiary/aromatic N) is 1. The van der Waals surface area contributed by atoms with Gasteiger partial charge in [0, 0.05) is 23.8 Å².